The van der Waals surface area contributed by atoms with E-state index in [0.717, 1.165) is 11.3 Å². The topological polar surface area (TPSA) is 47.9 Å². The SMILES string of the molecule is CCOC(=O)C(Br)(Br)C(=Nc1ccc(OC)cc1)c1ccccc1. The van der Waals surface area contributed by atoms with Crippen molar-refractivity contribution < 1.29 is 14.3 Å². The van der Waals surface area contributed by atoms with Crippen molar-refractivity contribution in [1.82, 2.24) is 0 Å². The molecular formula is C18H17Br2NO3. The van der Waals surface area contributed by atoms with E-state index in [1.807, 2.05) is 54.6 Å². The Morgan fingerprint density at radius 2 is 1.71 bits per heavy atom. The number of alkyl halides is 2. The van der Waals surface area contributed by atoms with Gasteiger partial charge in [0.25, 0.3) is 0 Å². The van der Waals surface area contributed by atoms with Gasteiger partial charge in [0.1, 0.15) is 5.75 Å². The third-order valence-electron chi connectivity index (χ3n) is 3.19. The maximum Gasteiger partial charge on any atom is 0.340 e. The summed E-state index contributed by atoms with van der Waals surface area (Å²) in [5.74, 6) is 0.283. The first-order valence-corrected chi connectivity index (χ1v) is 8.91. The second kappa shape index (κ2) is 8.44. The van der Waals surface area contributed by atoms with E-state index in [1.54, 1.807) is 14.0 Å². The van der Waals surface area contributed by atoms with E-state index in [9.17, 15) is 4.79 Å². The molecule has 0 bridgehead atoms. The van der Waals surface area contributed by atoms with Gasteiger partial charge in [-0.15, -0.1) is 0 Å². The summed E-state index contributed by atoms with van der Waals surface area (Å²) < 4.78 is 9.07. The molecule has 0 aromatic heterocycles. The molecule has 4 nitrogen and oxygen atoms in total. The molecule has 0 spiro atoms. The second-order valence-corrected chi connectivity index (χ2v) is 8.26. The van der Waals surface area contributed by atoms with Crippen molar-refractivity contribution in [1.29, 1.82) is 0 Å². The van der Waals surface area contributed by atoms with Gasteiger partial charge in [-0.2, -0.15) is 0 Å². The van der Waals surface area contributed by atoms with E-state index in [-0.39, 0.29) is 6.61 Å². The van der Waals surface area contributed by atoms with E-state index in [4.69, 9.17) is 9.47 Å². The Labute approximate surface area is 158 Å². The number of esters is 1. The smallest absolute Gasteiger partial charge is 0.340 e. The van der Waals surface area contributed by atoms with E-state index < -0.39 is 9.20 Å². The fourth-order valence-corrected chi connectivity index (χ4v) is 2.88. The summed E-state index contributed by atoms with van der Waals surface area (Å²) >= 11 is 6.85. The standard InChI is InChI=1S/C18H17Br2NO3/c1-3-24-17(22)18(19,20)16(13-7-5-4-6-8-13)21-14-9-11-15(23-2)12-10-14/h4-12H,3H2,1-2H3. The van der Waals surface area contributed by atoms with Gasteiger partial charge < -0.3 is 9.47 Å². The van der Waals surface area contributed by atoms with Gasteiger partial charge in [-0.3, -0.25) is 0 Å². The Balaban J connectivity index is 2.50. The number of benzene rings is 2. The van der Waals surface area contributed by atoms with E-state index in [1.165, 1.54) is 0 Å². The van der Waals surface area contributed by atoms with Gasteiger partial charge in [-0.05, 0) is 36.8 Å². The average Bonchev–Trinajstić information content (AvgIpc) is 2.61. The zero-order chi connectivity index (χ0) is 17.6. The highest BCUT2D eigenvalue weighted by Gasteiger charge is 2.40. The molecule has 2 rings (SSSR count). The van der Waals surface area contributed by atoms with Crippen LogP contribution >= 0.6 is 31.9 Å². The van der Waals surface area contributed by atoms with Crippen molar-refractivity contribution in [3.05, 3.63) is 60.2 Å². The molecule has 0 aliphatic heterocycles. The number of methoxy groups -OCH3 is 1. The fourth-order valence-electron chi connectivity index (χ4n) is 2.02. The third kappa shape index (κ3) is 4.45. The molecule has 0 saturated carbocycles. The number of hydrogen-bond donors (Lipinski definition) is 0. The molecule has 0 atom stereocenters. The van der Waals surface area contributed by atoms with Crippen LogP contribution in [0.4, 0.5) is 5.69 Å². The highest BCUT2D eigenvalue weighted by Crippen LogP contribution is 2.35. The summed E-state index contributed by atoms with van der Waals surface area (Å²) in [7, 11) is 1.61. The van der Waals surface area contributed by atoms with Crippen LogP contribution in [-0.4, -0.2) is 28.6 Å². The first-order valence-electron chi connectivity index (χ1n) is 7.32. The minimum atomic E-state index is -1.24. The number of carbonyl (C=O) groups is 1. The van der Waals surface area contributed by atoms with Crippen LogP contribution in [-0.2, 0) is 9.53 Å². The van der Waals surface area contributed by atoms with Crippen LogP contribution in [0.2, 0.25) is 0 Å². The number of hydrogen-bond acceptors (Lipinski definition) is 4. The molecule has 2 aromatic rings. The summed E-state index contributed by atoms with van der Waals surface area (Å²) in [4.78, 5) is 17.0. The monoisotopic (exact) mass is 453 g/mol. The highest BCUT2D eigenvalue weighted by atomic mass is 79.9. The number of nitrogens with zero attached hydrogens (tertiary/aromatic N) is 1. The Bertz CT molecular complexity index is 713. The lowest BCUT2D eigenvalue weighted by molar-refractivity contribution is -0.141. The Hall–Kier alpha value is -1.66. The fraction of sp³-hybridized carbons (Fsp3) is 0.222. The Morgan fingerprint density at radius 1 is 1.08 bits per heavy atom. The van der Waals surface area contributed by atoms with Crippen LogP contribution in [0.25, 0.3) is 0 Å². The summed E-state index contributed by atoms with van der Waals surface area (Å²) in [6, 6.07) is 16.7. The predicted octanol–water partition coefficient (Wildman–Crippen LogP) is 4.87. The largest absolute Gasteiger partial charge is 0.497 e. The molecule has 2 aromatic carbocycles. The Morgan fingerprint density at radius 3 is 2.25 bits per heavy atom. The van der Waals surface area contributed by atoms with Crippen LogP contribution in [0, 0.1) is 0 Å². The molecule has 6 heteroatoms. The zero-order valence-corrected chi connectivity index (χ0v) is 16.5. The van der Waals surface area contributed by atoms with Gasteiger partial charge in [0.15, 0.2) is 0 Å². The molecule has 0 radical (unpaired) electrons. The highest BCUT2D eigenvalue weighted by molar-refractivity contribution is 9.26. The summed E-state index contributed by atoms with van der Waals surface area (Å²) in [6.07, 6.45) is 0. The average molecular weight is 455 g/mol. The molecule has 126 valence electrons. The molecule has 0 amide bonds. The summed E-state index contributed by atoms with van der Waals surface area (Å²) in [5.41, 5.74) is 2.00. The van der Waals surface area contributed by atoms with Crippen molar-refractivity contribution in [2.75, 3.05) is 13.7 Å². The summed E-state index contributed by atoms with van der Waals surface area (Å²) in [5, 5.41) is 0. The minimum Gasteiger partial charge on any atom is -0.497 e. The van der Waals surface area contributed by atoms with Crippen LogP contribution in [0.15, 0.2) is 59.6 Å². The first-order chi connectivity index (χ1) is 11.5. The van der Waals surface area contributed by atoms with E-state index in [2.05, 4.69) is 36.9 Å². The van der Waals surface area contributed by atoms with Gasteiger partial charge in [-0.25, -0.2) is 9.79 Å². The zero-order valence-electron chi connectivity index (χ0n) is 13.3. The van der Waals surface area contributed by atoms with Crippen molar-refractivity contribution in [3.8, 4) is 5.75 Å². The normalized spacial score (nSPS) is 11.9. The number of ether oxygens (including phenoxy) is 2. The maximum atomic E-state index is 12.4. The minimum absolute atomic E-state index is 0.280. The summed E-state index contributed by atoms with van der Waals surface area (Å²) in [6.45, 7) is 2.04. The van der Waals surface area contributed by atoms with Crippen LogP contribution in [0.1, 0.15) is 12.5 Å². The number of aliphatic imine (C=N–C) groups is 1. The first kappa shape index (κ1) is 18.7. The second-order valence-electron chi connectivity index (χ2n) is 4.82. The van der Waals surface area contributed by atoms with Gasteiger partial charge in [-0.1, -0.05) is 62.2 Å². The molecule has 0 saturated heterocycles. The quantitative estimate of drug-likeness (QED) is 0.355. The van der Waals surface area contributed by atoms with Gasteiger partial charge in [0.2, 0.25) is 3.23 Å². The molecule has 24 heavy (non-hydrogen) atoms. The van der Waals surface area contributed by atoms with Gasteiger partial charge in [0.05, 0.1) is 25.1 Å². The van der Waals surface area contributed by atoms with Crippen molar-refractivity contribution in [2.24, 2.45) is 4.99 Å². The molecular weight excluding hydrogens is 438 g/mol. The van der Waals surface area contributed by atoms with Crippen molar-refractivity contribution in [2.45, 2.75) is 10.2 Å². The van der Waals surface area contributed by atoms with Crippen molar-refractivity contribution in [3.63, 3.8) is 0 Å². The lowest BCUT2D eigenvalue weighted by Gasteiger charge is -2.21. The van der Waals surface area contributed by atoms with E-state index in [0.29, 0.717) is 11.4 Å². The van der Waals surface area contributed by atoms with Crippen molar-refractivity contribution >= 4 is 49.2 Å². The van der Waals surface area contributed by atoms with Gasteiger partial charge >= 0.3 is 5.97 Å². The molecule has 0 N–H and O–H groups in total. The molecule has 0 heterocycles. The lowest BCUT2D eigenvalue weighted by atomic mass is 10.1. The number of halogens is 2. The van der Waals surface area contributed by atoms with Crippen LogP contribution in [0.3, 0.4) is 0 Å². The van der Waals surface area contributed by atoms with Crippen LogP contribution in [0.5, 0.6) is 5.75 Å². The van der Waals surface area contributed by atoms with Crippen LogP contribution < -0.4 is 4.74 Å². The Kier molecular flexibility index (Phi) is 6.57. The molecule has 0 fully saturated rings. The third-order valence-corrected chi connectivity index (χ3v) is 4.59. The number of rotatable bonds is 6. The van der Waals surface area contributed by atoms with Gasteiger partial charge in [0, 0.05) is 0 Å². The molecule has 0 aliphatic carbocycles. The molecule has 0 aliphatic rings. The lowest BCUT2D eigenvalue weighted by Crippen LogP contribution is -2.36. The number of carbonyl (C=O) groups excluding carboxylic acids is 1. The maximum absolute atomic E-state index is 12.4. The predicted molar refractivity (Wildman–Crippen MR) is 103 cm³/mol. The van der Waals surface area contributed by atoms with E-state index >= 15 is 0 Å². The molecule has 0 unspecified atom stereocenters.